The van der Waals surface area contributed by atoms with Crippen LogP contribution in [-0.4, -0.2) is 0 Å². The quantitative estimate of drug-likeness (QED) is 0.593. The fourth-order valence-corrected chi connectivity index (χ4v) is 4.11. The van der Waals surface area contributed by atoms with Crippen LogP contribution in [0.25, 0.3) is 0 Å². The Morgan fingerprint density at radius 2 is 1.91 bits per heavy atom. The molecule has 0 aromatic heterocycles. The van der Waals surface area contributed by atoms with Crippen LogP contribution in [0.3, 0.4) is 0 Å². The van der Waals surface area contributed by atoms with Gasteiger partial charge in [0.25, 0.3) is 0 Å². The molecule has 0 bridgehead atoms. The van der Waals surface area contributed by atoms with E-state index >= 15 is 0 Å². The lowest BCUT2D eigenvalue weighted by atomic mass is 10.4. The van der Waals surface area contributed by atoms with Crippen molar-refractivity contribution >= 4 is 40.0 Å². The van der Waals surface area contributed by atoms with Gasteiger partial charge in [-0.25, -0.2) is 0 Å². The Labute approximate surface area is 80.7 Å². The number of nitrogens with two attached hydrogens (primary N) is 1. The molecule has 0 aliphatic rings. The first-order valence-electron chi connectivity index (χ1n) is 2.94. The second-order valence-electron chi connectivity index (χ2n) is 1.97. The molecule has 1 rings (SSSR count). The molecule has 1 aromatic rings. The molecule has 1 unspecified atom stereocenters. The van der Waals surface area contributed by atoms with Gasteiger partial charge in [0.2, 0.25) is 0 Å². The van der Waals surface area contributed by atoms with Crippen molar-refractivity contribution in [1.82, 2.24) is 0 Å². The molecule has 0 amide bonds. The molecule has 0 aliphatic carbocycles. The highest BCUT2D eigenvalue weighted by Crippen LogP contribution is 2.59. The van der Waals surface area contributed by atoms with Crippen LogP contribution < -0.4 is 5.50 Å². The maximum absolute atomic E-state index is 5.62. The number of hydrogen-bond donors (Lipinski definition) is 2. The van der Waals surface area contributed by atoms with E-state index in [0.717, 1.165) is 4.90 Å². The SMILES string of the molecule is NP(=S)(S)Sc1ccccc1. The molecule has 11 heavy (non-hydrogen) atoms. The van der Waals surface area contributed by atoms with Gasteiger partial charge in [0, 0.05) is 4.90 Å². The van der Waals surface area contributed by atoms with Crippen LogP contribution in [0.15, 0.2) is 35.2 Å². The van der Waals surface area contributed by atoms with Gasteiger partial charge >= 0.3 is 0 Å². The minimum absolute atomic E-state index is 1.09. The van der Waals surface area contributed by atoms with E-state index in [2.05, 4.69) is 12.2 Å². The lowest BCUT2D eigenvalue weighted by Crippen LogP contribution is -1.79. The second kappa shape index (κ2) is 3.97. The van der Waals surface area contributed by atoms with Gasteiger partial charge in [-0.05, 0) is 12.1 Å². The zero-order valence-electron chi connectivity index (χ0n) is 5.68. The van der Waals surface area contributed by atoms with Crippen molar-refractivity contribution < 1.29 is 0 Å². The van der Waals surface area contributed by atoms with Crippen LogP contribution in [-0.2, 0) is 11.8 Å². The molecule has 1 atom stereocenters. The summed E-state index contributed by atoms with van der Waals surface area (Å²) in [6.45, 7) is 0. The fraction of sp³-hybridized carbons (Fsp3) is 0. The molecule has 0 radical (unpaired) electrons. The monoisotopic (exact) mass is 221 g/mol. The Bertz CT molecular complexity index is 268. The second-order valence-corrected chi connectivity index (χ2v) is 12.0. The van der Waals surface area contributed by atoms with Crippen LogP contribution in [0.1, 0.15) is 0 Å². The van der Waals surface area contributed by atoms with Gasteiger partial charge in [-0.1, -0.05) is 41.4 Å². The summed E-state index contributed by atoms with van der Waals surface area (Å²) >= 11 is 10.6. The van der Waals surface area contributed by atoms with E-state index in [1.807, 2.05) is 30.3 Å². The van der Waals surface area contributed by atoms with Gasteiger partial charge in [0.05, 0.1) is 0 Å². The molecule has 5 heteroatoms. The highest BCUT2D eigenvalue weighted by atomic mass is 33.2. The predicted molar refractivity (Wildman–Crippen MR) is 59.8 cm³/mol. The molecule has 0 saturated heterocycles. The molecule has 1 aromatic carbocycles. The maximum atomic E-state index is 5.62. The molecule has 0 saturated carbocycles. The van der Waals surface area contributed by atoms with E-state index in [1.165, 1.54) is 11.4 Å². The Hall–Kier alpha value is 0.530. The highest BCUT2D eigenvalue weighted by Gasteiger charge is 2.04. The Morgan fingerprint density at radius 1 is 1.36 bits per heavy atom. The molecule has 0 heterocycles. The summed E-state index contributed by atoms with van der Waals surface area (Å²) < 4.78 is -1.94. The molecular formula is C6H8NPS3. The predicted octanol–water partition coefficient (Wildman–Crippen LogP) is 2.89. The largest absolute Gasteiger partial charge is 0.287 e. The minimum Gasteiger partial charge on any atom is -0.287 e. The van der Waals surface area contributed by atoms with Gasteiger partial charge in [-0.2, -0.15) is 0 Å². The third-order valence-corrected chi connectivity index (χ3v) is 4.55. The van der Waals surface area contributed by atoms with E-state index in [1.54, 1.807) is 0 Å². The topological polar surface area (TPSA) is 26.0 Å². The van der Waals surface area contributed by atoms with Crippen molar-refractivity contribution in [3.8, 4) is 0 Å². The third kappa shape index (κ3) is 4.19. The normalized spacial score (nSPS) is 15.8. The lowest BCUT2D eigenvalue weighted by molar-refractivity contribution is 1.48. The molecule has 0 fully saturated rings. The smallest absolute Gasteiger partial charge is 0.116 e. The average molecular weight is 221 g/mol. The van der Waals surface area contributed by atoms with E-state index in [-0.39, 0.29) is 0 Å². The Kier molecular flexibility index (Phi) is 3.47. The Morgan fingerprint density at radius 3 is 2.36 bits per heavy atom. The molecule has 2 N–H and O–H groups in total. The summed E-state index contributed by atoms with van der Waals surface area (Å²) in [6, 6.07) is 9.84. The fourth-order valence-electron chi connectivity index (χ4n) is 0.632. The van der Waals surface area contributed by atoms with Gasteiger partial charge in [-0.3, -0.25) is 5.50 Å². The highest BCUT2D eigenvalue weighted by molar-refractivity contribution is 8.96. The summed E-state index contributed by atoms with van der Waals surface area (Å²) in [5.74, 6) is 0. The molecule has 1 nitrogen and oxygen atoms in total. The molecule has 0 spiro atoms. The summed E-state index contributed by atoms with van der Waals surface area (Å²) in [6.07, 6.45) is 0. The van der Waals surface area contributed by atoms with Crippen LogP contribution in [0.2, 0.25) is 0 Å². The van der Waals surface area contributed by atoms with Crippen molar-refractivity contribution in [3.05, 3.63) is 30.3 Å². The van der Waals surface area contributed by atoms with E-state index < -0.39 is 4.59 Å². The average Bonchev–Trinajstić information content (AvgIpc) is 1.85. The number of rotatable bonds is 2. The zero-order chi connectivity index (χ0) is 8.32. The van der Waals surface area contributed by atoms with E-state index in [0.29, 0.717) is 0 Å². The van der Waals surface area contributed by atoms with Gasteiger partial charge in [-0.15, -0.1) is 12.2 Å². The number of thiol groups is 1. The summed E-state index contributed by atoms with van der Waals surface area (Å²) in [5.41, 5.74) is 5.62. The van der Waals surface area contributed by atoms with Crippen molar-refractivity contribution in [2.24, 2.45) is 5.50 Å². The third-order valence-electron chi connectivity index (χ3n) is 0.979. The maximum Gasteiger partial charge on any atom is 0.116 e. The molecular weight excluding hydrogens is 213 g/mol. The molecule has 60 valence electrons. The summed E-state index contributed by atoms with van der Waals surface area (Å²) in [4.78, 5) is 1.09. The van der Waals surface area contributed by atoms with E-state index in [9.17, 15) is 0 Å². The molecule has 0 aliphatic heterocycles. The minimum atomic E-state index is -1.94. The summed E-state index contributed by atoms with van der Waals surface area (Å²) in [7, 11) is 0. The van der Waals surface area contributed by atoms with Crippen LogP contribution in [0.4, 0.5) is 0 Å². The first-order chi connectivity index (χ1) is 5.08. The van der Waals surface area contributed by atoms with Crippen molar-refractivity contribution in [2.75, 3.05) is 0 Å². The van der Waals surface area contributed by atoms with Gasteiger partial charge in [0.1, 0.15) is 4.59 Å². The van der Waals surface area contributed by atoms with Crippen LogP contribution in [0, 0.1) is 0 Å². The number of benzene rings is 1. The first-order valence-corrected chi connectivity index (χ1v) is 8.38. The van der Waals surface area contributed by atoms with Gasteiger partial charge < -0.3 is 0 Å². The van der Waals surface area contributed by atoms with E-state index in [4.69, 9.17) is 17.3 Å². The van der Waals surface area contributed by atoms with Crippen LogP contribution >= 0.6 is 28.2 Å². The summed E-state index contributed by atoms with van der Waals surface area (Å²) in [5, 5.41) is 0. The first kappa shape index (κ1) is 9.62. The van der Waals surface area contributed by atoms with Crippen molar-refractivity contribution in [1.29, 1.82) is 0 Å². The lowest BCUT2D eigenvalue weighted by Gasteiger charge is -2.06. The van der Waals surface area contributed by atoms with Crippen molar-refractivity contribution in [3.63, 3.8) is 0 Å². The number of hydrogen-bond acceptors (Lipinski definition) is 2. The van der Waals surface area contributed by atoms with Crippen molar-refractivity contribution in [2.45, 2.75) is 4.90 Å². The standard InChI is InChI=1S/C6H8NPS3/c7-8(9,10)11-6-4-2-1-3-5-6/h1-5H,(H3,7,9,10). The zero-order valence-corrected chi connectivity index (χ0v) is 9.10. The van der Waals surface area contributed by atoms with Crippen LogP contribution in [0.5, 0.6) is 0 Å². The Balaban J connectivity index is 2.74. The van der Waals surface area contributed by atoms with Gasteiger partial charge in [0.15, 0.2) is 0 Å².